The quantitative estimate of drug-likeness (QED) is 0.567. The lowest BCUT2D eigenvalue weighted by Crippen LogP contribution is -2.48. The van der Waals surface area contributed by atoms with Gasteiger partial charge in [0.05, 0.1) is 17.7 Å². The molecule has 1 fully saturated rings. The van der Waals surface area contributed by atoms with E-state index in [4.69, 9.17) is 4.74 Å². The van der Waals surface area contributed by atoms with Crippen molar-refractivity contribution in [2.45, 2.75) is 44.9 Å². The van der Waals surface area contributed by atoms with Crippen LogP contribution >= 0.6 is 0 Å². The zero-order chi connectivity index (χ0) is 25.0. The fourth-order valence-corrected chi connectivity index (χ4v) is 7.28. The largest absolute Gasteiger partial charge is 0.495 e. The lowest BCUT2D eigenvalue weighted by molar-refractivity contribution is 0.0913. The zero-order valence-corrected chi connectivity index (χ0v) is 21.7. The van der Waals surface area contributed by atoms with Gasteiger partial charge in [-0.05, 0) is 48.1 Å². The van der Waals surface area contributed by atoms with Crippen LogP contribution < -0.4 is 9.64 Å². The van der Waals surface area contributed by atoms with Crippen molar-refractivity contribution in [3.8, 4) is 5.75 Å². The van der Waals surface area contributed by atoms with Crippen molar-refractivity contribution in [1.82, 2.24) is 9.29 Å². The van der Waals surface area contributed by atoms with E-state index in [-0.39, 0.29) is 11.2 Å². The van der Waals surface area contributed by atoms with Gasteiger partial charge < -0.3 is 14.6 Å². The molecule has 0 amide bonds. The van der Waals surface area contributed by atoms with Crippen LogP contribution in [0.3, 0.4) is 0 Å². The van der Waals surface area contributed by atoms with E-state index in [9.17, 15) is 13.2 Å². The number of nitrogens with zero attached hydrogens (tertiary/aromatic N) is 2. The van der Waals surface area contributed by atoms with E-state index in [1.54, 1.807) is 17.5 Å². The van der Waals surface area contributed by atoms with E-state index in [0.29, 0.717) is 43.9 Å². The number of hydrogen-bond donors (Lipinski definition) is 1. The SMILES string of the molecule is CCc1cc2c3c([nH]c2cc1S(=O)(=O)N1CCN(c2ccccc2OC)CC1)CC(C)(C)CC3=O. The van der Waals surface area contributed by atoms with Gasteiger partial charge in [0.1, 0.15) is 5.75 Å². The highest BCUT2D eigenvalue weighted by molar-refractivity contribution is 7.89. The van der Waals surface area contributed by atoms with Crippen LogP contribution in [0.2, 0.25) is 0 Å². The number of hydrogen-bond acceptors (Lipinski definition) is 5. The second-order valence-corrected chi connectivity index (χ2v) is 12.2. The minimum atomic E-state index is -3.68. The Kier molecular flexibility index (Phi) is 5.92. The molecule has 8 heteroatoms. The molecule has 0 radical (unpaired) electrons. The minimum absolute atomic E-state index is 0.103. The predicted octanol–water partition coefficient (Wildman–Crippen LogP) is 4.40. The number of benzene rings is 2. The summed E-state index contributed by atoms with van der Waals surface area (Å²) in [6, 6.07) is 11.5. The van der Waals surface area contributed by atoms with Crippen LogP contribution in [-0.4, -0.2) is 56.8 Å². The predicted molar refractivity (Wildman–Crippen MR) is 138 cm³/mol. The molecule has 1 N–H and O–H groups in total. The van der Waals surface area contributed by atoms with Gasteiger partial charge in [-0.15, -0.1) is 0 Å². The van der Waals surface area contributed by atoms with Crippen molar-refractivity contribution in [2.24, 2.45) is 5.41 Å². The van der Waals surface area contributed by atoms with E-state index < -0.39 is 10.0 Å². The number of nitrogens with one attached hydrogen (secondary N) is 1. The first kappa shape index (κ1) is 23.9. The number of para-hydroxylation sites is 2. The second-order valence-electron chi connectivity index (χ2n) is 10.3. The van der Waals surface area contributed by atoms with Crippen molar-refractivity contribution >= 4 is 32.4 Å². The summed E-state index contributed by atoms with van der Waals surface area (Å²) in [4.78, 5) is 18.8. The van der Waals surface area contributed by atoms with Crippen LogP contribution in [0.1, 0.15) is 48.8 Å². The molecule has 2 heterocycles. The van der Waals surface area contributed by atoms with Gasteiger partial charge in [-0.1, -0.05) is 32.9 Å². The molecule has 2 aromatic carbocycles. The summed E-state index contributed by atoms with van der Waals surface area (Å²) in [7, 11) is -2.04. The number of aromatic nitrogens is 1. The zero-order valence-electron chi connectivity index (χ0n) is 20.8. The molecule has 1 aliphatic carbocycles. The summed E-state index contributed by atoms with van der Waals surface area (Å²) in [6.45, 7) is 8.12. The lowest BCUT2D eigenvalue weighted by atomic mass is 9.76. The van der Waals surface area contributed by atoms with Gasteiger partial charge in [-0.25, -0.2) is 8.42 Å². The molecule has 1 aromatic heterocycles. The first-order chi connectivity index (χ1) is 16.6. The molecule has 0 atom stereocenters. The summed E-state index contributed by atoms with van der Waals surface area (Å²) in [5.74, 6) is 0.920. The Hall–Kier alpha value is -2.84. The number of carbonyl (C=O) groups excluding carboxylic acids is 1. The van der Waals surface area contributed by atoms with E-state index >= 15 is 0 Å². The maximum atomic E-state index is 13.8. The Labute approximate surface area is 207 Å². The summed E-state index contributed by atoms with van der Waals surface area (Å²) in [5, 5.41) is 0.845. The average Bonchev–Trinajstić information content (AvgIpc) is 3.19. The molecule has 0 spiro atoms. The molecule has 0 bridgehead atoms. The monoisotopic (exact) mass is 495 g/mol. The molecule has 2 aliphatic rings. The van der Waals surface area contributed by atoms with Crippen LogP contribution in [0.15, 0.2) is 41.3 Å². The van der Waals surface area contributed by atoms with Crippen molar-refractivity contribution in [3.63, 3.8) is 0 Å². The molecule has 7 nitrogen and oxygen atoms in total. The highest BCUT2D eigenvalue weighted by Gasteiger charge is 2.35. The number of rotatable bonds is 5. The number of ketones is 1. The number of aromatic amines is 1. The van der Waals surface area contributed by atoms with E-state index in [0.717, 1.165) is 45.6 Å². The Balaban J connectivity index is 1.46. The smallest absolute Gasteiger partial charge is 0.243 e. The number of aryl methyl sites for hydroxylation is 1. The summed E-state index contributed by atoms with van der Waals surface area (Å²) in [5.41, 5.74) is 4.02. The van der Waals surface area contributed by atoms with Gasteiger partial charge >= 0.3 is 0 Å². The maximum absolute atomic E-state index is 13.8. The fraction of sp³-hybridized carbons (Fsp3) is 0.444. The Morgan fingerprint density at radius 2 is 1.77 bits per heavy atom. The topological polar surface area (TPSA) is 82.7 Å². The third-order valence-corrected chi connectivity index (χ3v) is 9.27. The minimum Gasteiger partial charge on any atom is -0.495 e. The van der Waals surface area contributed by atoms with Crippen molar-refractivity contribution in [3.05, 3.63) is 53.2 Å². The van der Waals surface area contributed by atoms with E-state index in [2.05, 4.69) is 23.7 Å². The van der Waals surface area contributed by atoms with Gasteiger partial charge in [0.25, 0.3) is 0 Å². The average molecular weight is 496 g/mol. The normalized spacial score (nSPS) is 18.6. The molecular weight excluding hydrogens is 462 g/mol. The van der Waals surface area contributed by atoms with Crippen molar-refractivity contribution < 1.29 is 17.9 Å². The van der Waals surface area contributed by atoms with Crippen LogP contribution in [0.4, 0.5) is 5.69 Å². The van der Waals surface area contributed by atoms with Gasteiger partial charge in [0, 0.05) is 54.8 Å². The first-order valence-corrected chi connectivity index (χ1v) is 13.7. The summed E-state index contributed by atoms with van der Waals surface area (Å²) in [6.07, 6.45) is 1.85. The van der Waals surface area contributed by atoms with Crippen molar-refractivity contribution in [1.29, 1.82) is 0 Å². The number of carbonyl (C=O) groups is 1. The molecule has 35 heavy (non-hydrogen) atoms. The highest BCUT2D eigenvalue weighted by atomic mass is 32.2. The van der Waals surface area contributed by atoms with Gasteiger partial charge in [0.2, 0.25) is 10.0 Å². The molecule has 3 aromatic rings. The van der Waals surface area contributed by atoms with Crippen LogP contribution in [0.25, 0.3) is 10.9 Å². The molecule has 186 valence electrons. The molecule has 1 aliphatic heterocycles. The van der Waals surface area contributed by atoms with Crippen molar-refractivity contribution in [2.75, 3.05) is 38.2 Å². The molecule has 0 saturated carbocycles. The summed E-state index contributed by atoms with van der Waals surface area (Å²) >= 11 is 0. The fourth-order valence-electron chi connectivity index (χ4n) is 5.55. The lowest BCUT2D eigenvalue weighted by Gasteiger charge is -2.36. The number of anilines is 1. The number of fused-ring (bicyclic) bond motifs is 3. The Bertz CT molecular complexity index is 1400. The number of Topliss-reactive ketones (excluding diaryl/α,β-unsaturated/α-hetero) is 1. The van der Waals surface area contributed by atoms with Crippen LogP contribution in [0, 0.1) is 5.41 Å². The highest BCUT2D eigenvalue weighted by Crippen LogP contribution is 2.39. The number of methoxy groups -OCH3 is 1. The maximum Gasteiger partial charge on any atom is 0.243 e. The van der Waals surface area contributed by atoms with Crippen LogP contribution in [-0.2, 0) is 22.9 Å². The third kappa shape index (κ3) is 4.12. The van der Waals surface area contributed by atoms with Gasteiger partial charge in [-0.2, -0.15) is 4.31 Å². The second kappa shape index (κ2) is 8.68. The number of sulfonamides is 1. The summed E-state index contributed by atoms with van der Waals surface area (Å²) < 4.78 is 34.6. The standard InChI is InChI=1S/C27H33N3O4S/c1-5-18-14-19-20(28-21-16-27(2,3)17-23(31)26(19)21)15-25(18)35(32,33)30-12-10-29(11-13-30)22-8-6-7-9-24(22)34-4/h6-9,14-15,28H,5,10-13,16-17H2,1-4H3. The van der Waals surface area contributed by atoms with Gasteiger partial charge in [0.15, 0.2) is 5.78 Å². The van der Waals surface area contributed by atoms with Crippen LogP contribution in [0.5, 0.6) is 5.75 Å². The van der Waals surface area contributed by atoms with E-state index in [1.807, 2.05) is 37.3 Å². The third-order valence-electron chi connectivity index (χ3n) is 7.29. The molecule has 5 rings (SSSR count). The van der Waals surface area contributed by atoms with E-state index in [1.165, 1.54) is 0 Å². The number of ether oxygens (including phenoxy) is 1. The number of piperazine rings is 1. The molecular formula is C27H33N3O4S. The Morgan fingerprint density at radius 3 is 2.46 bits per heavy atom. The molecule has 0 unspecified atom stereocenters. The van der Waals surface area contributed by atoms with Gasteiger partial charge in [-0.3, -0.25) is 4.79 Å². The molecule has 1 saturated heterocycles. The Morgan fingerprint density at radius 1 is 1.06 bits per heavy atom. The number of H-pyrrole nitrogens is 1. The first-order valence-electron chi connectivity index (χ1n) is 12.2.